The summed E-state index contributed by atoms with van der Waals surface area (Å²) in [6.45, 7) is 0.962. The summed E-state index contributed by atoms with van der Waals surface area (Å²) in [5, 5.41) is 3.40. The number of unbranched alkanes of at least 4 members (excludes halogenated alkanes) is 1. The minimum atomic E-state index is -8.93. The molecule has 43 heteroatoms. The molecule has 0 bridgehead atoms. The number of nitrogens with one attached hydrogen (secondary N) is 2. The molecule has 1 rings (SSSR count). The molecule has 2 amide bonds. The molecule has 460 valence electrons. The average molecular weight is 1350 g/mol. The predicted molar refractivity (Wildman–Crippen MR) is 184 cm³/mol. The van der Waals surface area contributed by atoms with E-state index in [9.17, 15) is 150 Å². The van der Waals surface area contributed by atoms with Crippen molar-refractivity contribution in [3.63, 3.8) is 0 Å². The summed E-state index contributed by atoms with van der Waals surface area (Å²) in [4.78, 5) is 12.4. The first-order valence-electron chi connectivity index (χ1n) is 19.8. The van der Waals surface area contributed by atoms with E-state index in [1.165, 1.54) is 12.2 Å². The van der Waals surface area contributed by atoms with Crippen LogP contribution in [-0.4, -0.2) is 138 Å². The number of urea groups is 1. The summed E-state index contributed by atoms with van der Waals surface area (Å²) in [6, 6.07) is -1.79. The van der Waals surface area contributed by atoms with Gasteiger partial charge in [0.15, 0.2) is 0 Å². The Morgan fingerprint density at radius 2 is 0.641 bits per heavy atom. The molecule has 0 aliphatic heterocycles. The molecule has 0 atom stereocenters. The van der Waals surface area contributed by atoms with E-state index in [1.807, 2.05) is 5.32 Å². The molecule has 2 N–H and O–H groups in total. The maximum atomic E-state index is 15.3. The Kier molecular flexibility index (Phi) is 19.9. The molecule has 1 aromatic carbocycles. The van der Waals surface area contributed by atoms with Crippen molar-refractivity contribution < 1.29 is 176 Å². The third-order valence-corrected chi connectivity index (χ3v) is 26.0. The Bertz CT molecular complexity index is 2020. The molecule has 3 nitrogen and oxygen atoms in total. The van der Waals surface area contributed by atoms with E-state index < -0.39 is 180 Å². The van der Waals surface area contributed by atoms with E-state index in [0.29, 0.717) is 6.07 Å². The van der Waals surface area contributed by atoms with Crippen LogP contribution in [0.3, 0.4) is 0 Å². The van der Waals surface area contributed by atoms with E-state index in [0.717, 1.165) is 0 Å². The van der Waals surface area contributed by atoms with Crippen LogP contribution in [-0.2, 0) is 0 Å². The third-order valence-electron chi connectivity index (χ3n) is 11.3. The van der Waals surface area contributed by atoms with Gasteiger partial charge in [-0.3, -0.25) is 0 Å². The molecule has 0 radical (unpaired) electrons. The van der Waals surface area contributed by atoms with Gasteiger partial charge in [0.25, 0.3) is 0 Å². The van der Waals surface area contributed by atoms with E-state index in [1.54, 1.807) is 0 Å². The fraction of sp³-hybridized carbons (Fsp3) is 0.800. The van der Waals surface area contributed by atoms with Crippen LogP contribution in [0.4, 0.5) is 182 Å². The zero-order valence-electron chi connectivity index (χ0n) is 36.8. The van der Waals surface area contributed by atoms with Crippen molar-refractivity contribution in [1.29, 1.82) is 0 Å². The first-order valence-corrected chi connectivity index (χ1v) is 27.3. The topological polar surface area (TPSA) is 41.1 Å². The van der Waals surface area contributed by atoms with Crippen LogP contribution >= 0.6 is 0 Å². The van der Waals surface area contributed by atoms with E-state index in [4.69, 9.17) is 0 Å². The second-order valence-corrected chi connectivity index (χ2v) is 29.8. The SMILES string of the molecule is CCCCNC(=O)Nc1ccc[c]([Sn]([CH2]CC(F)(F)C(F)(F)C(F)(F)C(F)(F)C(F)(F)C(F)(F)F)([CH2]CC(F)(F)C(F)(F)C(F)(F)C(F)(F)C(F)(F)C(F)(F)F)[CH2]CC(F)(F)C(F)(F)C(F)(F)C(F)(F)C(F)(F)C(F)(F)F)c1. The predicted octanol–water partition coefficient (Wildman–Crippen LogP) is 16.7. The molecule has 0 fully saturated rings. The number of alkyl halides is 39. The van der Waals surface area contributed by atoms with Gasteiger partial charge < -0.3 is 0 Å². The maximum absolute atomic E-state index is 15.3. The van der Waals surface area contributed by atoms with Gasteiger partial charge in [0, 0.05) is 0 Å². The Hall–Kier alpha value is -3.44. The van der Waals surface area contributed by atoms with Crippen LogP contribution in [0.2, 0.25) is 13.3 Å². The van der Waals surface area contributed by atoms with Crippen LogP contribution in [0, 0.1) is 0 Å². The molecular formula is C35H27F39N2OSn. The van der Waals surface area contributed by atoms with Gasteiger partial charge in [-0.05, 0) is 0 Å². The standard InChI is InChI=1S/C11H15N2O.3C8H4F13.Sn/c1-2-3-9-12-11(14)13-10-7-5-4-6-8-10;3*1-2-3(9,10)4(11,12)5(13,14)6(15,16)7(17,18)8(19,20)21;/h4-5,7-8H,2-3,9H2,1H3,(H2,12,13,14);3*1-2H2;. The van der Waals surface area contributed by atoms with Crippen molar-refractivity contribution in [2.24, 2.45) is 0 Å². The van der Waals surface area contributed by atoms with Crippen LogP contribution in [0.5, 0.6) is 0 Å². The molecule has 0 aliphatic carbocycles. The Labute approximate surface area is 410 Å². The number of rotatable bonds is 26. The molecule has 78 heavy (non-hydrogen) atoms. The fourth-order valence-corrected chi connectivity index (χ4v) is 20.4. The minimum absolute atomic E-state index is 0.0139. The normalized spacial score (nSPS) is 15.9. The quantitative estimate of drug-likeness (QED) is 0.0542. The zero-order chi connectivity index (χ0) is 62.8. The molecule has 0 unspecified atom stereocenters. The van der Waals surface area contributed by atoms with Gasteiger partial charge in [-0.15, -0.1) is 0 Å². The number of halogens is 39. The van der Waals surface area contributed by atoms with Crippen molar-refractivity contribution >= 4 is 33.7 Å². The van der Waals surface area contributed by atoms with Gasteiger partial charge in [0.05, 0.1) is 0 Å². The van der Waals surface area contributed by atoms with Gasteiger partial charge in [0.2, 0.25) is 0 Å². The number of amides is 2. The number of carbonyl (C=O) groups is 1. The second kappa shape index (κ2) is 21.4. The molecule has 0 aromatic heterocycles. The van der Waals surface area contributed by atoms with Crippen molar-refractivity contribution in [3.05, 3.63) is 24.3 Å². The van der Waals surface area contributed by atoms with E-state index in [-0.39, 0.29) is 31.0 Å². The van der Waals surface area contributed by atoms with Crippen molar-refractivity contribution in [2.45, 2.75) is 160 Å². The molecule has 0 saturated carbocycles. The average Bonchev–Trinajstić information content (AvgIpc) is 3.24. The number of carbonyl (C=O) groups excluding carboxylic acids is 1. The second-order valence-electron chi connectivity index (χ2n) is 16.6. The number of benzene rings is 1. The molecule has 0 aliphatic rings. The Morgan fingerprint density at radius 3 is 0.885 bits per heavy atom. The van der Waals surface area contributed by atoms with Crippen molar-refractivity contribution in [3.8, 4) is 0 Å². The molecule has 0 spiro atoms. The fourth-order valence-electron chi connectivity index (χ4n) is 6.35. The Balaban J connectivity index is 4.67. The van der Waals surface area contributed by atoms with Gasteiger partial charge >= 0.3 is 411 Å². The third kappa shape index (κ3) is 11.8. The van der Waals surface area contributed by atoms with Crippen LogP contribution in [0.1, 0.15) is 39.0 Å². The van der Waals surface area contributed by atoms with Crippen molar-refractivity contribution in [2.75, 3.05) is 11.9 Å². The number of hydrogen-bond donors (Lipinski definition) is 2. The summed E-state index contributed by atoms with van der Waals surface area (Å²) in [5.74, 6) is -128. The summed E-state index contributed by atoms with van der Waals surface area (Å²) in [7, 11) is 0. The number of hydrogen-bond acceptors (Lipinski definition) is 1. The summed E-state index contributed by atoms with van der Waals surface area (Å²) in [5.41, 5.74) is -1.30. The molecule has 1 aromatic rings. The van der Waals surface area contributed by atoms with Crippen LogP contribution in [0.25, 0.3) is 0 Å². The van der Waals surface area contributed by atoms with Crippen LogP contribution in [0.15, 0.2) is 24.3 Å². The summed E-state index contributed by atoms with van der Waals surface area (Å²) >= 11 is -8.45. The van der Waals surface area contributed by atoms with Gasteiger partial charge in [-0.2, -0.15) is 0 Å². The first-order chi connectivity index (χ1) is 33.8. The van der Waals surface area contributed by atoms with Crippen molar-refractivity contribution in [1.82, 2.24) is 5.32 Å². The zero-order valence-corrected chi connectivity index (χ0v) is 39.7. The van der Waals surface area contributed by atoms with Gasteiger partial charge in [0.1, 0.15) is 0 Å². The van der Waals surface area contributed by atoms with Gasteiger partial charge in [-0.25, -0.2) is 0 Å². The summed E-state index contributed by atoms with van der Waals surface area (Å²) in [6.07, 6.45) is -36.6. The molecule has 0 saturated heterocycles. The van der Waals surface area contributed by atoms with Crippen LogP contribution < -0.4 is 14.2 Å². The Morgan fingerprint density at radius 1 is 0.385 bits per heavy atom. The molecular weight excluding hydrogens is 1320 g/mol. The first kappa shape index (κ1) is 72.6. The van der Waals surface area contributed by atoms with E-state index in [2.05, 4.69) is 0 Å². The van der Waals surface area contributed by atoms with Gasteiger partial charge in [-0.1, -0.05) is 0 Å². The van der Waals surface area contributed by atoms with E-state index >= 15 is 26.3 Å². The monoisotopic (exact) mass is 1350 g/mol. The number of anilines is 1. The summed E-state index contributed by atoms with van der Waals surface area (Å²) < 4.78 is 535. The molecule has 0 heterocycles.